The summed E-state index contributed by atoms with van der Waals surface area (Å²) in [7, 11) is 0. The minimum absolute atomic E-state index is 0. The van der Waals surface area contributed by atoms with Gasteiger partial charge >= 0.3 is 0 Å². The van der Waals surface area contributed by atoms with Crippen LogP contribution in [0.25, 0.3) is 0 Å². The predicted molar refractivity (Wildman–Crippen MR) is 77.4 cm³/mol. The minimum Gasteiger partial charge on any atom is -0.508 e. The van der Waals surface area contributed by atoms with Crippen LogP contribution in [0.2, 0.25) is 0 Å². The molecular weight excluding hydrogens is 272 g/mol. The van der Waals surface area contributed by atoms with Crippen LogP contribution in [0.15, 0.2) is 29.2 Å². The fourth-order valence-corrected chi connectivity index (χ4v) is 1.91. The van der Waals surface area contributed by atoms with Crippen molar-refractivity contribution in [3.63, 3.8) is 0 Å². The second kappa shape index (κ2) is 9.08. The van der Waals surface area contributed by atoms with Crippen LogP contribution >= 0.6 is 24.2 Å². The molecule has 0 aliphatic rings. The first-order valence-electron chi connectivity index (χ1n) is 5.52. The van der Waals surface area contributed by atoms with Gasteiger partial charge in [0.25, 0.3) is 0 Å². The lowest BCUT2D eigenvalue weighted by Crippen LogP contribution is -2.30. The first-order valence-corrected chi connectivity index (χ1v) is 6.50. The molecule has 1 aromatic rings. The molecule has 0 fully saturated rings. The Kier molecular flexibility index (Phi) is 8.62. The summed E-state index contributed by atoms with van der Waals surface area (Å²) in [5.41, 5.74) is 5.58. The number of hydrogen-bond donors (Lipinski definition) is 3. The van der Waals surface area contributed by atoms with Crippen LogP contribution in [0.5, 0.6) is 5.75 Å². The van der Waals surface area contributed by atoms with Gasteiger partial charge in [0.1, 0.15) is 5.75 Å². The largest absolute Gasteiger partial charge is 0.508 e. The topological polar surface area (TPSA) is 75.3 Å². The Morgan fingerprint density at radius 1 is 1.44 bits per heavy atom. The maximum Gasteiger partial charge on any atom is 0.230 e. The highest BCUT2D eigenvalue weighted by atomic mass is 35.5. The van der Waals surface area contributed by atoms with Crippen molar-refractivity contribution in [3.05, 3.63) is 24.3 Å². The number of halogens is 1. The van der Waals surface area contributed by atoms with E-state index in [0.29, 0.717) is 12.3 Å². The van der Waals surface area contributed by atoms with Crippen molar-refractivity contribution in [2.24, 2.45) is 5.73 Å². The van der Waals surface area contributed by atoms with E-state index in [-0.39, 0.29) is 30.1 Å². The van der Waals surface area contributed by atoms with Crippen molar-refractivity contribution in [1.29, 1.82) is 0 Å². The van der Waals surface area contributed by atoms with Gasteiger partial charge in [0.15, 0.2) is 0 Å². The molecule has 102 valence electrons. The summed E-state index contributed by atoms with van der Waals surface area (Å²) in [6, 6.07) is 6.90. The Morgan fingerprint density at radius 2 is 2.06 bits per heavy atom. The van der Waals surface area contributed by atoms with E-state index in [1.54, 1.807) is 24.3 Å². The van der Waals surface area contributed by atoms with Gasteiger partial charge in [0.05, 0.1) is 5.75 Å². The average Bonchev–Trinajstić information content (AvgIpc) is 2.28. The minimum atomic E-state index is 0. The van der Waals surface area contributed by atoms with Gasteiger partial charge < -0.3 is 16.2 Å². The Hall–Kier alpha value is -0.910. The molecule has 0 aromatic heterocycles. The van der Waals surface area contributed by atoms with E-state index in [4.69, 9.17) is 10.8 Å². The van der Waals surface area contributed by atoms with Crippen molar-refractivity contribution >= 4 is 30.1 Å². The van der Waals surface area contributed by atoms with E-state index >= 15 is 0 Å². The van der Waals surface area contributed by atoms with E-state index in [0.717, 1.165) is 11.3 Å². The lowest BCUT2D eigenvalue weighted by Gasteiger charge is -2.07. The molecule has 0 aliphatic carbocycles. The molecule has 0 aliphatic heterocycles. The Bertz CT molecular complexity index is 358. The standard InChI is InChI=1S/C12H18N2O2S.ClH/c1-9(13)6-7-14-12(16)8-17-11-4-2-10(15)3-5-11;/h2-5,9,15H,6-8,13H2,1H3,(H,14,16);1H. The molecule has 1 atom stereocenters. The molecule has 6 heteroatoms. The highest BCUT2D eigenvalue weighted by molar-refractivity contribution is 8.00. The lowest BCUT2D eigenvalue weighted by molar-refractivity contribution is -0.118. The third-order valence-corrected chi connectivity index (χ3v) is 3.14. The van der Waals surface area contributed by atoms with E-state index in [1.165, 1.54) is 11.8 Å². The lowest BCUT2D eigenvalue weighted by atomic mass is 10.2. The molecule has 1 unspecified atom stereocenters. The van der Waals surface area contributed by atoms with Gasteiger partial charge in [0, 0.05) is 17.5 Å². The molecule has 4 N–H and O–H groups in total. The third kappa shape index (κ3) is 7.42. The molecular formula is C12H19ClN2O2S. The van der Waals surface area contributed by atoms with Gasteiger partial charge in [-0.2, -0.15) is 0 Å². The molecule has 1 amide bonds. The van der Waals surface area contributed by atoms with Gasteiger partial charge in [-0.1, -0.05) is 0 Å². The number of carbonyl (C=O) groups is 1. The summed E-state index contributed by atoms with van der Waals surface area (Å²) >= 11 is 1.44. The quantitative estimate of drug-likeness (QED) is 0.698. The first-order chi connectivity index (χ1) is 8.08. The fourth-order valence-electron chi connectivity index (χ4n) is 1.18. The number of aromatic hydroxyl groups is 1. The van der Waals surface area contributed by atoms with Crippen molar-refractivity contribution in [2.75, 3.05) is 12.3 Å². The third-order valence-electron chi connectivity index (χ3n) is 2.13. The summed E-state index contributed by atoms with van der Waals surface area (Å²) in [6.45, 7) is 2.53. The second-order valence-electron chi connectivity index (χ2n) is 3.90. The Labute approximate surface area is 118 Å². The van der Waals surface area contributed by atoms with E-state index in [9.17, 15) is 4.79 Å². The van der Waals surface area contributed by atoms with Gasteiger partial charge in [-0.05, 0) is 37.6 Å². The zero-order valence-corrected chi connectivity index (χ0v) is 11.9. The van der Waals surface area contributed by atoms with Crippen molar-refractivity contribution < 1.29 is 9.90 Å². The molecule has 0 heterocycles. The van der Waals surface area contributed by atoms with Crippen molar-refractivity contribution in [1.82, 2.24) is 5.32 Å². The first kappa shape index (κ1) is 17.1. The molecule has 0 bridgehead atoms. The number of phenols is 1. The number of benzene rings is 1. The number of thioether (sulfide) groups is 1. The predicted octanol–water partition coefficient (Wildman–Crippen LogP) is 1.76. The summed E-state index contributed by atoms with van der Waals surface area (Å²) < 4.78 is 0. The number of rotatable bonds is 6. The summed E-state index contributed by atoms with van der Waals surface area (Å²) in [5, 5.41) is 11.9. The van der Waals surface area contributed by atoms with Crippen molar-refractivity contribution in [2.45, 2.75) is 24.3 Å². The summed E-state index contributed by atoms with van der Waals surface area (Å²) in [5.74, 6) is 0.614. The monoisotopic (exact) mass is 290 g/mol. The van der Waals surface area contributed by atoms with Crippen LogP contribution in [0, 0.1) is 0 Å². The molecule has 0 spiro atoms. The zero-order chi connectivity index (χ0) is 12.7. The van der Waals surface area contributed by atoms with E-state index in [2.05, 4.69) is 5.32 Å². The van der Waals surface area contributed by atoms with Crippen LogP contribution in [-0.4, -0.2) is 29.4 Å². The maximum absolute atomic E-state index is 11.4. The van der Waals surface area contributed by atoms with Crippen LogP contribution < -0.4 is 11.1 Å². The molecule has 4 nitrogen and oxygen atoms in total. The summed E-state index contributed by atoms with van der Waals surface area (Å²) in [6.07, 6.45) is 0.787. The average molecular weight is 291 g/mol. The van der Waals surface area contributed by atoms with Crippen LogP contribution in [0.1, 0.15) is 13.3 Å². The molecule has 0 saturated carbocycles. The highest BCUT2D eigenvalue weighted by Gasteiger charge is 2.03. The number of nitrogens with one attached hydrogen (secondary N) is 1. The molecule has 0 saturated heterocycles. The van der Waals surface area contributed by atoms with Crippen LogP contribution in [-0.2, 0) is 4.79 Å². The zero-order valence-electron chi connectivity index (χ0n) is 10.3. The molecule has 1 aromatic carbocycles. The van der Waals surface area contributed by atoms with Gasteiger partial charge in [-0.15, -0.1) is 24.2 Å². The van der Waals surface area contributed by atoms with E-state index < -0.39 is 0 Å². The Balaban J connectivity index is 0.00000289. The molecule has 0 radical (unpaired) electrons. The fraction of sp³-hybridized carbons (Fsp3) is 0.417. The normalized spacial score (nSPS) is 11.4. The number of nitrogens with two attached hydrogens (primary N) is 1. The second-order valence-corrected chi connectivity index (χ2v) is 4.95. The SMILES string of the molecule is CC(N)CCNC(=O)CSc1ccc(O)cc1.Cl. The summed E-state index contributed by atoms with van der Waals surface area (Å²) in [4.78, 5) is 12.4. The Morgan fingerprint density at radius 3 is 2.61 bits per heavy atom. The highest BCUT2D eigenvalue weighted by Crippen LogP contribution is 2.20. The van der Waals surface area contributed by atoms with Gasteiger partial charge in [-0.25, -0.2) is 0 Å². The van der Waals surface area contributed by atoms with Gasteiger partial charge in [0.2, 0.25) is 5.91 Å². The van der Waals surface area contributed by atoms with Crippen molar-refractivity contribution in [3.8, 4) is 5.75 Å². The number of carbonyl (C=O) groups excluding carboxylic acids is 1. The van der Waals surface area contributed by atoms with Crippen LogP contribution in [0.4, 0.5) is 0 Å². The van der Waals surface area contributed by atoms with Gasteiger partial charge in [-0.3, -0.25) is 4.79 Å². The number of hydrogen-bond acceptors (Lipinski definition) is 4. The molecule has 1 rings (SSSR count). The smallest absolute Gasteiger partial charge is 0.230 e. The van der Waals surface area contributed by atoms with Crippen LogP contribution in [0.3, 0.4) is 0 Å². The maximum atomic E-state index is 11.4. The van der Waals surface area contributed by atoms with E-state index in [1.807, 2.05) is 6.92 Å². The molecule has 18 heavy (non-hydrogen) atoms. The number of phenolic OH excluding ortho intramolecular Hbond substituents is 1. The number of amides is 1.